The molecule has 0 spiro atoms. The highest BCUT2D eigenvalue weighted by molar-refractivity contribution is 6.39. The van der Waals surface area contributed by atoms with E-state index in [1.165, 1.54) is 0 Å². The molecule has 0 bridgehead atoms. The van der Waals surface area contributed by atoms with Crippen molar-refractivity contribution in [3.63, 3.8) is 0 Å². The molecule has 20 heavy (non-hydrogen) atoms. The van der Waals surface area contributed by atoms with E-state index < -0.39 is 0 Å². The maximum absolute atomic E-state index is 6.21. The van der Waals surface area contributed by atoms with E-state index in [0.717, 1.165) is 0 Å². The van der Waals surface area contributed by atoms with Gasteiger partial charge >= 0.3 is 0 Å². The summed E-state index contributed by atoms with van der Waals surface area (Å²) < 4.78 is 5.08. The van der Waals surface area contributed by atoms with Crippen LogP contribution < -0.4 is 5.73 Å². The minimum atomic E-state index is 0.176. The molecule has 1 aromatic carbocycles. The number of hydrogen-bond donors (Lipinski definition) is 1. The van der Waals surface area contributed by atoms with Crippen LogP contribution in [0.3, 0.4) is 0 Å². The summed E-state index contributed by atoms with van der Waals surface area (Å²) in [7, 11) is 0. The van der Waals surface area contributed by atoms with Crippen molar-refractivity contribution >= 4 is 29.1 Å². The van der Waals surface area contributed by atoms with Gasteiger partial charge in [-0.2, -0.15) is 0 Å². The first-order valence-electron chi connectivity index (χ1n) is 5.79. The lowest BCUT2D eigenvalue weighted by Crippen LogP contribution is -1.91. The van der Waals surface area contributed by atoms with Gasteiger partial charge in [0.1, 0.15) is 5.69 Å². The quantitative estimate of drug-likeness (QED) is 0.767. The second-order valence-electron chi connectivity index (χ2n) is 4.08. The zero-order valence-electron chi connectivity index (χ0n) is 10.2. The van der Waals surface area contributed by atoms with Crippen LogP contribution in [-0.2, 0) is 0 Å². The van der Waals surface area contributed by atoms with Gasteiger partial charge in [0.05, 0.1) is 21.3 Å². The molecule has 0 unspecified atom stereocenters. The van der Waals surface area contributed by atoms with Crippen LogP contribution >= 0.6 is 23.2 Å². The number of nitrogen functional groups attached to an aromatic ring is 1. The van der Waals surface area contributed by atoms with Crippen LogP contribution in [0.25, 0.3) is 22.5 Å². The number of aromatic nitrogens is 2. The highest BCUT2D eigenvalue weighted by Gasteiger charge is 2.22. The Morgan fingerprint density at radius 2 is 1.70 bits per heavy atom. The molecule has 0 saturated heterocycles. The van der Waals surface area contributed by atoms with E-state index in [2.05, 4.69) is 10.1 Å². The van der Waals surface area contributed by atoms with Gasteiger partial charge in [-0.3, -0.25) is 4.98 Å². The van der Waals surface area contributed by atoms with Crippen LogP contribution in [-0.4, -0.2) is 10.1 Å². The lowest BCUT2D eigenvalue weighted by Gasteiger charge is -2.05. The molecule has 0 amide bonds. The van der Waals surface area contributed by atoms with E-state index in [9.17, 15) is 0 Å². The van der Waals surface area contributed by atoms with Crippen LogP contribution in [0.5, 0.6) is 0 Å². The summed E-state index contributed by atoms with van der Waals surface area (Å²) in [6.07, 6.45) is 1.67. The molecule has 0 aliphatic carbocycles. The minimum Gasteiger partial charge on any atom is -0.367 e. The number of anilines is 1. The summed E-state index contributed by atoms with van der Waals surface area (Å²) in [4.78, 5) is 4.26. The highest BCUT2D eigenvalue weighted by Crippen LogP contribution is 2.41. The van der Waals surface area contributed by atoms with Crippen molar-refractivity contribution in [3.05, 3.63) is 52.6 Å². The van der Waals surface area contributed by atoms with Gasteiger partial charge in [-0.25, -0.2) is 0 Å². The first-order chi connectivity index (χ1) is 9.68. The summed E-state index contributed by atoms with van der Waals surface area (Å²) in [5, 5.41) is 4.93. The molecule has 6 heteroatoms. The number of hydrogen-bond acceptors (Lipinski definition) is 4. The SMILES string of the molecule is Nc1onc(-c2c(Cl)cccc2Cl)c1-c1ccccn1. The predicted molar refractivity (Wildman–Crippen MR) is 79.6 cm³/mol. The van der Waals surface area contributed by atoms with Crippen LogP contribution in [0, 0.1) is 0 Å². The molecular formula is C14H9Cl2N3O. The molecule has 3 rings (SSSR count). The third-order valence-electron chi connectivity index (χ3n) is 2.84. The maximum atomic E-state index is 6.21. The number of nitrogens with zero attached hydrogens (tertiary/aromatic N) is 2. The molecule has 0 atom stereocenters. The molecule has 0 aliphatic rings. The van der Waals surface area contributed by atoms with Gasteiger partial charge in [0, 0.05) is 11.8 Å². The van der Waals surface area contributed by atoms with Gasteiger partial charge in [0.2, 0.25) is 5.88 Å². The van der Waals surface area contributed by atoms with Gasteiger partial charge in [-0.05, 0) is 24.3 Å². The van der Waals surface area contributed by atoms with Crippen molar-refractivity contribution < 1.29 is 4.52 Å². The van der Waals surface area contributed by atoms with E-state index >= 15 is 0 Å². The maximum Gasteiger partial charge on any atom is 0.232 e. The van der Waals surface area contributed by atoms with Gasteiger partial charge in [-0.1, -0.05) is 40.5 Å². The normalized spacial score (nSPS) is 10.7. The van der Waals surface area contributed by atoms with Crippen molar-refractivity contribution in [1.82, 2.24) is 10.1 Å². The fourth-order valence-electron chi connectivity index (χ4n) is 1.96. The topological polar surface area (TPSA) is 64.9 Å². The van der Waals surface area contributed by atoms with Crippen LogP contribution in [0.15, 0.2) is 47.1 Å². The third kappa shape index (κ3) is 2.13. The Hall–Kier alpha value is -2.04. The van der Waals surface area contributed by atoms with Crippen molar-refractivity contribution in [2.75, 3.05) is 5.73 Å². The Morgan fingerprint density at radius 1 is 0.950 bits per heavy atom. The summed E-state index contributed by atoms with van der Waals surface area (Å²) in [5.41, 5.74) is 8.15. The average Bonchev–Trinajstić information content (AvgIpc) is 2.81. The molecule has 2 heterocycles. The highest BCUT2D eigenvalue weighted by atomic mass is 35.5. The zero-order valence-corrected chi connectivity index (χ0v) is 11.7. The summed E-state index contributed by atoms with van der Waals surface area (Å²) in [6, 6.07) is 10.7. The Kier molecular flexibility index (Phi) is 3.34. The number of nitrogens with two attached hydrogens (primary N) is 1. The first kappa shape index (κ1) is 13.0. The Labute approximate surface area is 125 Å². The van der Waals surface area contributed by atoms with Gasteiger partial charge in [-0.15, -0.1) is 0 Å². The van der Waals surface area contributed by atoms with E-state index in [4.69, 9.17) is 33.5 Å². The minimum absolute atomic E-state index is 0.176. The number of halogens is 2. The Morgan fingerprint density at radius 3 is 2.35 bits per heavy atom. The van der Waals surface area contributed by atoms with Gasteiger partial charge in [0.15, 0.2) is 0 Å². The Balaban J connectivity index is 2.27. The average molecular weight is 306 g/mol. The van der Waals surface area contributed by atoms with Crippen LogP contribution in [0.2, 0.25) is 10.0 Å². The fourth-order valence-corrected chi connectivity index (χ4v) is 2.53. The monoisotopic (exact) mass is 305 g/mol. The molecule has 0 saturated carbocycles. The molecule has 0 aliphatic heterocycles. The molecule has 2 N–H and O–H groups in total. The van der Waals surface area contributed by atoms with Crippen molar-refractivity contribution in [1.29, 1.82) is 0 Å². The molecule has 2 aromatic heterocycles. The molecule has 0 fully saturated rings. The second kappa shape index (κ2) is 5.15. The van der Waals surface area contributed by atoms with Gasteiger partial charge < -0.3 is 10.3 Å². The summed E-state index contributed by atoms with van der Waals surface area (Å²) >= 11 is 12.4. The van der Waals surface area contributed by atoms with E-state index in [1.807, 2.05) is 18.2 Å². The molecule has 3 aromatic rings. The van der Waals surface area contributed by atoms with Crippen LogP contribution in [0.1, 0.15) is 0 Å². The largest absolute Gasteiger partial charge is 0.367 e. The number of pyridine rings is 1. The number of benzene rings is 1. The molecule has 0 radical (unpaired) electrons. The lowest BCUT2D eigenvalue weighted by atomic mass is 10.0. The molecular weight excluding hydrogens is 297 g/mol. The first-order valence-corrected chi connectivity index (χ1v) is 6.55. The molecule has 100 valence electrons. The van der Waals surface area contributed by atoms with E-state index in [-0.39, 0.29) is 5.88 Å². The third-order valence-corrected chi connectivity index (χ3v) is 3.47. The summed E-state index contributed by atoms with van der Waals surface area (Å²) in [6.45, 7) is 0. The predicted octanol–water partition coefficient (Wildman–Crippen LogP) is 4.29. The smallest absolute Gasteiger partial charge is 0.232 e. The summed E-state index contributed by atoms with van der Waals surface area (Å²) in [5.74, 6) is 0.176. The van der Waals surface area contributed by atoms with Crippen LogP contribution in [0.4, 0.5) is 5.88 Å². The van der Waals surface area contributed by atoms with Crippen molar-refractivity contribution in [2.45, 2.75) is 0 Å². The molecule has 4 nitrogen and oxygen atoms in total. The van der Waals surface area contributed by atoms with Crippen molar-refractivity contribution in [2.24, 2.45) is 0 Å². The van der Waals surface area contributed by atoms with E-state index in [1.54, 1.807) is 24.4 Å². The Bertz CT molecular complexity index is 736. The number of rotatable bonds is 2. The van der Waals surface area contributed by atoms with Crippen molar-refractivity contribution in [3.8, 4) is 22.5 Å². The fraction of sp³-hybridized carbons (Fsp3) is 0. The second-order valence-corrected chi connectivity index (χ2v) is 4.90. The standard InChI is InChI=1S/C14H9Cl2N3O/c15-8-4-3-5-9(16)11(8)13-12(14(17)20-19-13)10-6-1-2-7-18-10/h1-7H,17H2. The lowest BCUT2D eigenvalue weighted by molar-refractivity contribution is 0.439. The zero-order chi connectivity index (χ0) is 14.1. The van der Waals surface area contributed by atoms with E-state index in [0.29, 0.717) is 32.6 Å². The van der Waals surface area contributed by atoms with Gasteiger partial charge in [0.25, 0.3) is 0 Å².